The molecule has 6 nitrogen and oxygen atoms in total. The summed E-state index contributed by atoms with van der Waals surface area (Å²) in [5.41, 5.74) is 5.58. The van der Waals surface area contributed by atoms with E-state index in [1.165, 1.54) is 0 Å². The van der Waals surface area contributed by atoms with Crippen molar-refractivity contribution in [1.82, 2.24) is 9.97 Å². The Morgan fingerprint density at radius 1 is 1.17 bits per heavy atom. The number of nitrogens with one attached hydrogen (secondary N) is 2. The summed E-state index contributed by atoms with van der Waals surface area (Å²) in [7, 11) is 1.62. The van der Waals surface area contributed by atoms with E-state index in [2.05, 4.69) is 20.5 Å². The van der Waals surface area contributed by atoms with Gasteiger partial charge in [-0.05, 0) is 38.1 Å². The minimum atomic E-state index is 0.0387. The summed E-state index contributed by atoms with van der Waals surface area (Å²) in [5, 5.41) is 4.25. The number of fused-ring (bicyclic) bond motifs is 1. The lowest BCUT2D eigenvalue weighted by Crippen LogP contribution is -2.09. The SMILES string of the molecule is COc1cccc(/C=N\Nc2nc3ccccc3[nH]2)c1OC(C)C. The number of hydrazone groups is 1. The second kappa shape index (κ2) is 7.04. The number of benzene rings is 2. The number of rotatable bonds is 6. The van der Waals surface area contributed by atoms with Gasteiger partial charge in [0, 0.05) is 5.56 Å². The maximum Gasteiger partial charge on any atom is 0.222 e. The van der Waals surface area contributed by atoms with Crippen molar-refractivity contribution in [2.24, 2.45) is 5.10 Å². The predicted octanol–water partition coefficient (Wildman–Crippen LogP) is 3.80. The van der Waals surface area contributed by atoms with Gasteiger partial charge >= 0.3 is 0 Å². The van der Waals surface area contributed by atoms with Gasteiger partial charge in [-0.15, -0.1) is 0 Å². The van der Waals surface area contributed by atoms with Crippen molar-refractivity contribution < 1.29 is 9.47 Å². The first-order valence-corrected chi connectivity index (χ1v) is 7.75. The molecule has 3 aromatic rings. The summed E-state index contributed by atoms with van der Waals surface area (Å²) in [5.74, 6) is 1.93. The number of imidazole rings is 1. The molecular formula is C18H20N4O2. The van der Waals surface area contributed by atoms with E-state index in [-0.39, 0.29) is 6.10 Å². The fourth-order valence-electron chi connectivity index (χ4n) is 2.33. The Morgan fingerprint density at radius 2 is 2.00 bits per heavy atom. The number of aromatic nitrogens is 2. The Kier molecular flexibility index (Phi) is 4.65. The summed E-state index contributed by atoms with van der Waals surface area (Å²) < 4.78 is 11.2. The van der Waals surface area contributed by atoms with Crippen LogP contribution in [0.25, 0.3) is 11.0 Å². The van der Waals surface area contributed by atoms with Gasteiger partial charge in [0.15, 0.2) is 11.5 Å². The molecule has 2 aromatic carbocycles. The molecule has 0 aliphatic rings. The number of hydrogen-bond acceptors (Lipinski definition) is 5. The van der Waals surface area contributed by atoms with Crippen LogP contribution in [0, 0.1) is 0 Å². The summed E-state index contributed by atoms with van der Waals surface area (Å²) in [6, 6.07) is 13.5. The van der Waals surface area contributed by atoms with Gasteiger partial charge in [0.1, 0.15) is 0 Å². The zero-order valence-electron chi connectivity index (χ0n) is 13.9. The summed E-state index contributed by atoms with van der Waals surface area (Å²) in [4.78, 5) is 7.57. The molecule has 0 fully saturated rings. The molecule has 1 heterocycles. The van der Waals surface area contributed by atoms with Crippen molar-refractivity contribution in [3.05, 3.63) is 48.0 Å². The quantitative estimate of drug-likeness (QED) is 0.534. The van der Waals surface area contributed by atoms with E-state index in [1.807, 2.05) is 56.3 Å². The van der Waals surface area contributed by atoms with Crippen molar-refractivity contribution in [2.45, 2.75) is 20.0 Å². The first-order valence-electron chi connectivity index (χ1n) is 7.75. The van der Waals surface area contributed by atoms with E-state index >= 15 is 0 Å². The highest BCUT2D eigenvalue weighted by atomic mass is 16.5. The molecule has 0 bridgehead atoms. The second-order valence-corrected chi connectivity index (χ2v) is 5.52. The van der Waals surface area contributed by atoms with Gasteiger partial charge in [0.25, 0.3) is 0 Å². The molecular weight excluding hydrogens is 304 g/mol. The molecule has 0 radical (unpaired) electrons. The van der Waals surface area contributed by atoms with Crippen LogP contribution in [-0.4, -0.2) is 29.4 Å². The average Bonchev–Trinajstić information content (AvgIpc) is 2.98. The number of anilines is 1. The fourth-order valence-corrected chi connectivity index (χ4v) is 2.33. The molecule has 124 valence electrons. The largest absolute Gasteiger partial charge is 0.493 e. The van der Waals surface area contributed by atoms with Crippen LogP contribution >= 0.6 is 0 Å². The molecule has 24 heavy (non-hydrogen) atoms. The molecule has 1 aromatic heterocycles. The first-order chi connectivity index (χ1) is 11.7. The van der Waals surface area contributed by atoms with E-state index in [9.17, 15) is 0 Å². The van der Waals surface area contributed by atoms with Crippen LogP contribution in [0.2, 0.25) is 0 Å². The van der Waals surface area contributed by atoms with Crippen molar-refractivity contribution in [2.75, 3.05) is 12.5 Å². The molecule has 6 heteroatoms. The van der Waals surface area contributed by atoms with Gasteiger partial charge in [-0.3, -0.25) is 0 Å². The van der Waals surface area contributed by atoms with Crippen LogP contribution in [-0.2, 0) is 0 Å². The minimum absolute atomic E-state index is 0.0387. The van der Waals surface area contributed by atoms with E-state index < -0.39 is 0 Å². The molecule has 0 atom stereocenters. The van der Waals surface area contributed by atoms with Crippen molar-refractivity contribution in [3.8, 4) is 11.5 Å². The Hall–Kier alpha value is -3.02. The molecule has 3 rings (SSSR count). The van der Waals surface area contributed by atoms with E-state index in [0.29, 0.717) is 17.4 Å². The average molecular weight is 324 g/mol. The lowest BCUT2D eigenvalue weighted by Gasteiger charge is -2.15. The zero-order valence-corrected chi connectivity index (χ0v) is 13.9. The van der Waals surface area contributed by atoms with Gasteiger partial charge in [-0.1, -0.05) is 18.2 Å². The van der Waals surface area contributed by atoms with Gasteiger partial charge < -0.3 is 14.5 Å². The normalized spacial score (nSPS) is 11.3. The van der Waals surface area contributed by atoms with Crippen molar-refractivity contribution >= 4 is 23.2 Å². The Balaban J connectivity index is 1.80. The van der Waals surface area contributed by atoms with Crippen molar-refractivity contribution in [1.29, 1.82) is 0 Å². The van der Waals surface area contributed by atoms with Crippen molar-refractivity contribution in [3.63, 3.8) is 0 Å². The van der Waals surface area contributed by atoms with E-state index in [1.54, 1.807) is 13.3 Å². The van der Waals surface area contributed by atoms with E-state index in [0.717, 1.165) is 16.6 Å². The smallest absolute Gasteiger partial charge is 0.222 e. The number of ether oxygens (including phenoxy) is 2. The maximum absolute atomic E-state index is 5.85. The topological polar surface area (TPSA) is 71.5 Å². The van der Waals surface area contributed by atoms with Crippen LogP contribution in [0.4, 0.5) is 5.95 Å². The third-order valence-electron chi connectivity index (χ3n) is 3.35. The van der Waals surface area contributed by atoms with Crippen LogP contribution < -0.4 is 14.9 Å². The highest BCUT2D eigenvalue weighted by Crippen LogP contribution is 2.31. The molecule has 0 aliphatic heterocycles. The Bertz CT molecular complexity index is 822. The Labute approximate surface area is 140 Å². The van der Waals surface area contributed by atoms with E-state index in [4.69, 9.17) is 9.47 Å². The van der Waals surface area contributed by atoms with Crippen LogP contribution in [0.15, 0.2) is 47.6 Å². The predicted molar refractivity (Wildman–Crippen MR) is 96.1 cm³/mol. The standard InChI is InChI=1S/C18H20N4O2/c1-12(2)24-17-13(7-6-10-16(17)23-3)11-19-22-18-20-14-8-4-5-9-15(14)21-18/h4-12H,1-3H3,(H2,20,21,22)/b19-11-. The van der Waals surface area contributed by atoms with Gasteiger partial charge in [-0.2, -0.15) is 5.10 Å². The van der Waals surface area contributed by atoms with Crippen LogP contribution in [0.5, 0.6) is 11.5 Å². The fraction of sp³-hybridized carbons (Fsp3) is 0.222. The molecule has 0 spiro atoms. The Morgan fingerprint density at radius 3 is 2.75 bits per heavy atom. The molecule has 0 amide bonds. The second-order valence-electron chi connectivity index (χ2n) is 5.52. The molecule has 0 unspecified atom stereocenters. The number of aromatic amines is 1. The number of nitrogens with zero attached hydrogens (tertiary/aromatic N) is 2. The number of methoxy groups -OCH3 is 1. The third kappa shape index (κ3) is 3.48. The monoisotopic (exact) mass is 324 g/mol. The first kappa shape index (κ1) is 15.9. The highest BCUT2D eigenvalue weighted by Gasteiger charge is 2.10. The molecule has 2 N–H and O–H groups in total. The lowest BCUT2D eigenvalue weighted by atomic mass is 10.2. The number of hydrogen-bond donors (Lipinski definition) is 2. The molecule has 0 aliphatic carbocycles. The lowest BCUT2D eigenvalue weighted by molar-refractivity contribution is 0.230. The van der Waals surface area contributed by atoms with Crippen LogP contribution in [0.3, 0.4) is 0 Å². The number of H-pyrrole nitrogens is 1. The highest BCUT2D eigenvalue weighted by molar-refractivity contribution is 5.85. The summed E-state index contributed by atoms with van der Waals surface area (Å²) in [6.45, 7) is 3.94. The maximum atomic E-state index is 5.85. The minimum Gasteiger partial charge on any atom is -0.493 e. The van der Waals surface area contributed by atoms with Gasteiger partial charge in [-0.25, -0.2) is 10.4 Å². The summed E-state index contributed by atoms with van der Waals surface area (Å²) in [6.07, 6.45) is 1.73. The number of para-hydroxylation sites is 3. The molecule has 0 saturated carbocycles. The van der Waals surface area contributed by atoms with Crippen LogP contribution in [0.1, 0.15) is 19.4 Å². The van der Waals surface area contributed by atoms with Gasteiger partial charge in [0.05, 0.1) is 30.5 Å². The summed E-state index contributed by atoms with van der Waals surface area (Å²) >= 11 is 0. The molecule has 0 saturated heterocycles. The van der Waals surface area contributed by atoms with Gasteiger partial charge in [0.2, 0.25) is 5.95 Å². The zero-order chi connectivity index (χ0) is 16.9. The third-order valence-corrected chi connectivity index (χ3v) is 3.35.